The predicted octanol–water partition coefficient (Wildman–Crippen LogP) is -5.26. The number of ether oxygens (including phenoxy) is 6. The molecule has 18 atom stereocenters. The molecular formula is C23H40F5N5O13. The van der Waals surface area contributed by atoms with Crippen LogP contribution in [0.15, 0.2) is 0 Å². The van der Waals surface area contributed by atoms with Gasteiger partial charge in [-0.05, 0) is 6.42 Å². The Morgan fingerprint density at radius 2 is 1.17 bits per heavy atom. The largest absolute Gasteiger partial charge is 0.394 e. The highest BCUT2D eigenvalue weighted by Crippen LogP contribution is 2.35. The maximum Gasteiger partial charge on any atom is 0.187 e. The highest BCUT2D eigenvalue weighted by atomic mass is 19.2. The number of rotatable bonds is 14. The molecule has 1 aliphatic carbocycles. The molecule has 0 aromatic rings. The van der Waals surface area contributed by atoms with E-state index < -0.39 is 143 Å². The summed E-state index contributed by atoms with van der Waals surface area (Å²) >= 11 is 0. The Kier molecular flexibility index (Phi) is 14.0. The lowest BCUT2D eigenvalue weighted by molar-refractivity contribution is -0.307. The monoisotopic (exact) mass is 689 g/mol. The van der Waals surface area contributed by atoms with Crippen LogP contribution in [0.4, 0.5) is 22.4 Å². The van der Waals surface area contributed by atoms with Crippen LogP contribution in [0.25, 0.3) is 0 Å². The molecule has 0 spiro atoms. The number of aliphatic hydroxyl groups is 7. The smallest absolute Gasteiger partial charge is 0.187 e. The number of hydrogen-bond donors (Lipinski definition) is 12. The second kappa shape index (κ2) is 17.0. The van der Waals surface area contributed by atoms with Gasteiger partial charge in [-0.2, -0.15) is 22.2 Å². The van der Waals surface area contributed by atoms with Gasteiger partial charge >= 0.3 is 0 Å². The van der Waals surface area contributed by atoms with Gasteiger partial charge in [-0.15, -0.1) is 27.9 Å². The van der Waals surface area contributed by atoms with Gasteiger partial charge in [0, 0.05) is 6.42 Å². The van der Waals surface area contributed by atoms with Crippen molar-refractivity contribution in [1.82, 2.24) is 27.7 Å². The third-order valence-electron chi connectivity index (χ3n) is 8.54. The van der Waals surface area contributed by atoms with Crippen molar-refractivity contribution < 1.29 is 86.6 Å². The van der Waals surface area contributed by atoms with E-state index in [1.165, 1.54) is 27.7 Å². The van der Waals surface area contributed by atoms with Crippen LogP contribution < -0.4 is 27.7 Å². The normalized spacial score (nSPS) is 48.5. The van der Waals surface area contributed by atoms with Crippen LogP contribution in [0.3, 0.4) is 0 Å². The Hall–Kier alpha value is -1.07. The first-order chi connectivity index (χ1) is 22.0. The predicted molar refractivity (Wildman–Crippen MR) is 135 cm³/mol. The fourth-order valence-electron chi connectivity index (χ4n) is 6.02. The first-order valence-corrected chi connectivity index (χ1v) is 14.4. The van der Waals surface area contributed by atoms with Crippen LogP contribution >= 0.6 is 0 Å². The van der Waals surface area contributed by atoms with Crippen LogP contribution in [0.2, 0.25) is 0 Å². The van der Waals surface area contributed by atoms with Crippen molar-refractivity contribution in [3.8, 4) is 0 Å². The molecule has 4 fully saturated rings. The van der Waals surface area contributed by atoms with Gasteiger partial charge in [-0.3, -0.25) is 0 Å². The molecule has 0 radical (unpaired) electrons. The van der Waals surface area contributed by atoms with Crippen molar-refractivity contribution in [2.75, 3.05) is 19.7 Å². The summed E-state index contributed by atoms with van der Waals surface area (Å²) in [4.78, 5) is 0. The summed E-state index contributed by atoms with van der Waals surface area (Å²) < 4.78 is 100. The molecule has 18 unspecified atom stereocenters. The third kappa shape index (κ3) is 8.03. The van der Waals surface area contributed by atoms with Gasteiger partial charge in [-0.1, -0.05) is 0 Å². The van der Waals surface area contributed by atoms with E-state index in [0.29, 0.717) is 0 Å². The second-order valence-electron chi connectivity index (χ2n) is 11.4. The van der Waals surface area contributed by atoms with E-state index in [-0.39, 0.29) is 0 Å². The number of aliphatic hydroxyl groups excluding tert-OH is 7. The van der Waals surface area contributed by atoms with Gasteiger partial charge in [0.25, 0.3) is 0 Å². The molecule has 18 nitrogen and oxygen atoms in total. The maximum absolute atomic E-state index is 14.0. The molecule has 0 aromatic heterocycles. The van der Waals surface area contributed by atoms with E-state index in [1.54, 1.807) is 0 Å². The van der Waals surface area contributed by atoms with Crippen molar-refractivity contribution in [2.24, 2.45) is 0 Å². The molecule has 0 aromatic carbocycles. The summed E-state index contributed by atoms with van der Waals surface area (Å²) in [6.07, 6.45) is -25.6. The minimum absolute atomic E-state index is 0.400. The number of hydrogen-bond acceptors (Lipinski definition) is 18. The first kappa shape index (κ1) is 37.7. The zero-order chi connectivity index (χ0) is 33.7. The molecule has 1 saturated carbocycles. The minimum atomic E-state index is -1.91. The molecule has 4 aliphatic rings. The van der Waals surface area contributed by atoms with E-state index in [1.807, 2.05) is 0 Å². The van der Waals surface area contributed by atoms with Gasteiger partial charge in [0.2, 0.25) is 0 Å². The topological polar surface area (TPSA) is 257 Å². The van der Waals surface area contributed by atoms with Crippen LogP contribution in [0.1, 0.15) is 12.8 Å². The van der Waals surface area contributed by atoms with Gasteiger partial charge in [-0.25, -0.2) is 0 Å². The standard InChI is InChI=1S/C23H40F5N5O13/c24-29-3-9-15(37)8(35)2-12(41-9)44-19-7(32-27)1-6(31-26)14(36)21(19)46-23-18(40)20(11(5-34)43-23)45-22-13(33-28)17(39)16(38)10(42-22)4-30-25/h6-23,29-40H,1-5H2. The lowest BCUT2D eigenvalue weighted by Gasteiger charge is -2.46. The molecule has 46 heavy (non-hydrogen) atoms. The Balaban J connectivity index is 1.53. The Bertz CT molecular complexity index is 935. The molecule has 23 heteroatoms. The molecule has 3 aliphatic heterocycles. The Morgan fingerprint density at radius 1 is 0.565 bits per heavy atom. The molecule has 0 amide bonds. The number of halogens is 5. The van der Waals surface area contributed by atoms with Gasteiger partial charge in [0.05, 0.1) is 37.9 Å². The van der Waals surface area contributed by atoms with Crippen LogP contribution in [0.5, 0.6) is 0 Å². The Morgan fingerprint density at radius 3 is 1.76 bits per heavy atom. The van der Waals surface area contributed by atoms with Gasteiger partial charge < -0.3 is 64.2 Å². The SMILES string of the molecule is OCC1OC(OC2C(O)C(NF)CC(NF)C2OC2CC(O)C(O)C(CNF)O2)C(O)C1OC1OC(CNF)C(O)C(O)C1NF. The highest BCUT2D eigenvalue weighted by molar-refractivity contribution is 5.02. The third-order valence-corrected chi connectivity index (χ3v) is 8.54. The molecule has 4 rings (SSSR count). The summed E-state index contributed by atoms with van der Waals surface area (Å²) in [6.45, 7) is -2.09. The average molecular weight is 690 g/mol. The average Bonchev–Trinajstić information content (AvgIpc) is 3.33. The van der Waals surface area contributed by atoms with Crippen molar-refractivity contribution in [1.29, 1.82) is 0 Å². The summed E-state index contributed by atoms with van der Waals surface area (Å²) in [5.74, 6) is 0. The molecule has 3 heterocycles. The van der Waals surface area contributed by atoms with Crippen LogP contribution in [-0.2, 0) is 28.4 Å². The molecule has 270 valence electrons. The summed E-state index contributed by atoms with van der Waals surface area (Å²) in [7, 11) is 0. The van der Waals surface area contributed by atoms with Crippen molar-refractivity contribution in [3.05, 3.63) is 0 Å². The van der Waals surface area contributed by atoms with Crippen molar-refractivity contribution in [3.63, 3.8) is 0 Å². The quantitative estimate of drug-likeness (QED) is 0.0601. The molecular weight excluding hydrogens is 649 g/mol. The second-order valence-corrected chi connectivity index (χ2v) is 11.4. The van der Waals surface area contributed by atoms with E-state index in [9.17, 15) is 58.2 Å². The first-order valence-electron chi connectivity index (χ1n) is 14.4. The van der Waals surface area contributed by atoms with Crippen LogP contribution in [-0.4, -0.2) is 166 Å². The van der Waals surface area contributed by atoms with Gasteiger partial charge in [0.15, 0.2) is 18.9 Å². The zero-order valence-electron chi connectivity index (χ0n) is 23.9. The fourth-order valence-corrected chi connectivity index (χ4v) is 6.02. The summed E-state index contributed by atoms with van der Waals surface area (Å²) in [6, 6.07) is -4.68. The van der Waals surface area contributed by atoms with E-state index >= 15 is 0 Å². The molecule has 12 N–H and O–H groups in total. The van der Waals surface area contributed by atoms with E-state index in [2.05, 4.69) is 0 Å². The van der Waals surface area contributed by atoms with Crippen LogP contribution in [0, 0.1) is 0 Å². The van der Waals surface area contributed by atoms with Crippen molar-refractivity contribution >= 4 is 0 Å². The van der Waals surface area contributed by atoms with Crippen molar-refractivity contribution in [2.45, 2.75) is 123 Å². The van der Waals surface area contributed by atoms with E-state index in [4.69, 9.17) is 28.4 Å². The minimum Gasteiger partial charge on any atom is -0.394 e. The number of nitrogens with one attached hydrogen (secondary N) is 5. The molecule has 0 bridgehead atoms. The highest BCUT2D eigenvalue weighted by Gasteiger charge is 2.55. The van der Waals surface area contributed by atoms with E-state index in [0.717, 1.165) is 0 Å². The Labute approximate surface area is 257 Å². The summed E-state index contributed by atoms with van der Waals surface area (Å²) in [5, 5.41) is 72.7. The fraction of sp³-hybridized carbons (Fsp3) is 1.00. The maximum atomic E-state index is 14.0. The van der Waals surface area contributed by atoms with Gasteiger partial charge in [0.1, 0.15) is 73.2 Å². The summed E-state index contributed by atoms with van der Waals surface area (Å²) in [5.41, 5.74) is 6.42. The lowest BCUT2D eigenvalue weighted by Crippen LogP contribution is -2.65. The zero-order valence-corrected chi connectivity index (χ0v) is 23.9. The molecule has 3 saturated heterocycles. The lowest BCUT2D eigenvalue weighted by atomic mass is 9.84.